The van der Waals surface area contributed by atoms with Crippen molar-refractivity contribution in [1.82, 2.24) is 9.80 Å². The van der Waals surface area contributed by atoms with Gasteiger partial charge in [-0.25, -0.2) is 0 Å². The summed E-state index contributed by atoms with van der Waals surface area (Å²) in [6.45, 7) is 10.3. The molecule has 2 heteroatoms. The zero-order chi connectivity index (χ0) is 9.56. The lowest BCUT2D eigenvalue weighted by Gasteiger charge is -2.30. The maximum Gasteiger partial charge on any atom is 0.0220 e. The van der Waals surface area contributed by atoms with Gasteiger partial charge in [0.2, 0.25) is 0 Å². The fourth-order valence-electron chi connectivity index (χ4n) is 1.66. The number of rotatable bonds is 6. The summed E-state index contributed by atoms with van der Waals surface area (Å²) >= 11 is 0. The standard InChI is InChI=1S/C10H24N2/c1-6-10(9-11(4)5)12(7-2)8-3/h10H,6-9H2,1-5H3. The summed E-state index contributed by atoms with van der Waals surface area (Å²) in [5, 5.41) is 0. The highest BCUT2D eigenvalue weighted by Crippen LogP contribution is 2.04. The maximum absolute atomic E-state index is 2.53. The summed E-state index contributed by atoms with van der Waals surface area (Å²) in [5.41, 5.74) is 0. The number of likely N-dealkylation sites (N-methyl/N-ethyl adjacent to an activating group) is 2. The van der Waals surface area contributed by atoms with E-state index in [4.69, 9.17) is 0 Å². The molecule has 12 heavy (non-hydrogen) atoms. The molecule has 1 atom stereocenters. The Hall–Kier alpha value is -0.0800. The smallest absolute Gasteiger partial charge is 0.0220 e. The molecule has 0 aromatic carbocycles. The summed E-state index contributed by atoms with van der Waals surface area (Å²) < 4.78 is 0. The Morgan fingerprint density at radius 2 is 1.50 bits per heavy atom. The van der Waals surface area contributed by atoms with Crippen LogP contribution in [0.1, 0.15) is 27.2 Å². The molecule has 0 amide bonds. The van der Waals surface area contributed by atoms with Crippen LogP contribution in [-0.2, 0) is 0 Å². The van der Waals surface area contributed by atoms with Gasteiger partial charge in [-0.15, -0.1) is 0 Å². The Morgan fingerprint density at radius 1 is 1.00 bits per heavy atom. The lowest BCUT2D eigenvalue weighted by molar-refractivity contribution is 0.172. The van der Waals surface area contributed by atoms with Crippen molar-refractivity contribution in [2.24, 2.45) is 0 Å². The Balaban J connectivity index is 3.92. The maximum atomic E-state index is 2.53. The Bertz CT molecular complexity index is 98.0. The van der Waals surface area contributed by atoms with E-state index < -0.39 is 0 Å². The first-order chi connectivity index (χ1) is 5.65. The number of hydrogen-bond acceptors (Lipinski definition) is 2. The van der Waals surface area contributed by atoms with Crippen LogP contribution in [0.25, 0.3) is 0 Å². The minimum Gasteiger partial charge on any atom is -0.308 e. The summed E-state index contributed by atoms with van der Waals surface area (Å²) in [6.07, 6.45) is 1.25. The van der Waals surface area contributed by atoms with Gasteiger partial charge in [0.1, 0.15) is 0 Å². The molecule has 74 valence electrons. The van der Waals surface area contributed by atoms with Gasteiger partial charge in [-0.05, 0) is 33.6 Å². The predicted molar refractivity (Wildman–Crippen MR) is 55.6 cm³/mol. The third kappa shape index (κ3) is 4.07. The second-order valence-corrected chi connectivity index (χ2v) is 3.55. The Morgan fingerprint density at radius 3 is 1.75 bits per heavy atom. The first-order valence-electron chi connectivity index (χ1n) is 5.04. The van der Waals surface area contributed by atoms with Gasteiger partial charge in [-0.2, -0.15) is 0 Å². The van der Waals surface area contributed by atoms with Crippen LogP contribution in [0.15, 0.2) is 0 Å². The average molecular weight is 172 g/mol. The van der Waals surface area contributed by atoms with Gasteiger partial charge in [0.15, 0.2) is 0 Å². The molecule has 0 aliphatic rings. The Labute approximate surface area is 77.5 Å². The van der Waals surface area contributed by atoms with Crippen molar-refractivity contribution in [3.8, 4) is 0 Å². The molecule has 0 N–H and O–H groups in total. The van der Waals surface area contributed by atoms with Crippen LogP contribution in [0.4, 0.5) is 0 Å². The molecule has 0 saturated carbocycles. The highest BCUT2D eigenvalue weighted by Gasteiger charge is 2.13. The van der Waals surface area contributed by atoms with Crippen LogP contribution in [0.5, 0.6) is 0 Å². The summed E-state index contributed by atoms with van der Waals surface area (Å²) in [4.78, 5) is 4.80. The fourth-order valence-corrected chi connectivity index (χ4v) is 1.66. The molecule has 0 aliphatic carbocycles. The van der Waals surface area contributed by atoms with Crippen LogP contribution in [-0.4, -0.2) is 49.6 Å². The van der Waals surface area contributed by atoms with E-state index >= 15 is 0 Å². The number of nitrogens with zero attached hydrogens (tertiary/aromatic N) is 2. The van der Waals surface area contributed by atoms with E-state index in [9.17, 15) is 0 Å². The second kappa shape index (κ2) is 6.44. The van der Waals surface area contributed by atoms with E-state index in [1.165, 1.54) is 26.1 Å². The van der Waals surface area contributed by atoms with Gasteiger partial charge in [-0.3, -0.25) is 4.90 Å². The second-order valence-electron chi connectivity index (χ2n) is 3.55. The van der Waals surface area contributed by atoms with Gasteiger partial charge in [0.05, 0.1) is 0 Å². The molecule has 0 bridgehead atoms. The van der Waals surface area contributed by atoms with Crippen molar-refractivity contribution in [3.63, 3.8) is 0 Å². The van der Waals surface area contributed by atoms with Crippen LogP contribution in [0.2, 0.25) is 0 Å². The Kier molecular flexibility index (Phi) is 6.39. The molecular formula is C10H24N2. The van der Waals surface area contributed by atoms with E-state index in [0.29, 0.717) is 0 Å². The van der Waals surface area contributed by atoms with Crippen LogP contribution in [0.3, 0.4) is 0 Å². The van der Waals surface area contributed by atoms with Crippen molar-refractivity contribution >= 4 is 0 Å². The van der Waals surface area contributed by atoms with Crippen molar-refractivity contribution in [3.05, 3.63) is 0 Å². The third-order valence-corrected chi connectivity index (χ3v) is 2.38. The molecule has 0 aromatic heterocycles. The average Bonchev–Trinajstić information content (AvgIpc) is 2.04. The topological polar surface area (TPSA) is 6.48 Å². The monoisotopic (exact) mass is 172 g/mol. The summed E-state index contributed by atoms with van der Waals surface area (Å²) in [5.74, 6) is 0. The fraction of sp³-hybridized carbons (Fsp3) is 1.00. The van der Waals surface area contributed by atoms with Crippen LogP contribution >= 0.6 is 0 Å². The van der Waals surface area contributed by atoms with Crippen molar-refractivity contribution in [1.29, 1.82) is 0 Å². The lowest BCUT2D eigenvalue weighted by atomic mass is 10.2. The summed E-state index contributed by atoms with van der Waals surface area (Å²) in [7, 11) is 4.29. The predicted octanol–water partition coefficient (Wildman–Crippen LogP) is 1.67. The first kappa shape index (κ1) is 11.9. The van der Waals surface area contributed by atoms with E-state index in [2.05, 4.69) is 44.7 Å². The van der Waals surface area contributed by atoms with Gasteiger partial charge >= 0.3 is 0 Å². The van der Waals surface area contributed by atoms with E-state index in [-0.39, 0.29) is 0 Å². The summed E-state index contributed by atoms with van der Waals surface area (Å²) in [6, 6.07) is 0.731. The molecule has 0 heterocycles. The normalized spacial score (nSPS) is 14.2. The van der Waals surface area contributed by atoms with Crippen molar-refractivity contribution < 1.29 is 0 Å². The highest BCUT2D eigenvalue weighted by molar-refractivity contribution is 4.70. The van der Waals surface area contributed by atoms with Gasteiger partial charge < -0.3 is 4.90 Å². The van der Waals surface area contributed by atoms with E-state index in [1.54, 1.807) is 0 Å². The lowest BCUT2D eigenvalue weighted by Crippen LogP contribution is -2.41. The highest BCUT2D eigenvalue weighted by atomic mass is 15.2. The zero-order valence-electron chi connectivity index (χ0n) is 9.30. The van der Waals surface area contributed by atoms with Gasteiger partial charge in [0, 0.05) is 12.6 Å². The van der Waals surface area contributed by atoms with Crippen molar-refractivity contribution in [2.75, 3.05) is 33.7 Å². The van der Waals surface area contributed by atoms with E-state index in [1.807, 2.05) is 0 Å². The quantitative estimate of drug-likeness (QED) is 0.601. The van der Waals surface area contributed by atoms with E-state index in [0.717, 1.165) is 6.04 Å². The van der Waals surface area contributed by atoms with Crippen LogP contribution in [0, 0.1) is 0 Å². The molecule has 1 unspecified atom stereocenters. The SMILES string of the molecule is CCC(CN(C)C)N(CC)CC. The zero-order valence-corrected chi connectivity index (χ0v) is 9.30. The van der Waals surface area contributed by atoms with Gasteiger partial charge in [0.25, 0.3) is 0 Å². The molecule has 0 rings (SSSR count). The largest absolute Gasteiger partial charge is 0.308 e. The number of hydrogen-bond donors (Lipinski definition) is 0. The molecule has 0 fully saturated rings. The molecule has 0 aromatic rings. The molecule has 0 saturated heterocycles. The van der Waals surface area contributed by atoms with Gasteiger partial charge in [-0.1, -0.05) is 20.8 Å². The molecule has 0 spiro atoms. The minimum atomic E-state index is 0.731. The minimum absolute atomic E-state index is 0.731. The third-order valence-electron chi connectivity index (χ3n) is 2.38. The molecule has 0 radical (unpaired) electrons. The molecule has 0 aliphatic heterocycles. The molecular weight excluding hydrogens is 148 g/mol. The first-order valence-corrected chi connectivity index (χ1v) is 5.04. The van der Waals surface area contributed by atoms with Crippen molar-refractivity contribution in [2.45, 2.75) is 33.2 Å². The molecule has 2 nitrogen and oxygen atoms in total. The van der Waals surface area contributed by atoms with Crippen LogP contribution < -0.4 is 0 Å².